The lowest BCUT2D eigenvalue weighted by Crippen LogP contribution is -2.05. The van der Waals surface area contributed by atoms with Gasteiger partial charge in [-0.2, -0.15) is 0 Å². The van der Waals surface area contributed by atoms with Crippen LogP contribution in [0.4, 0.5) is 11.4 Å². The summed E-state index contributed by atoms with van der Waals surface area (Å²) in [4.78, 5) is 0. The number of anilines is 2. The standard InChI is InChI=1S/C30H56N2O2/c1-3-5-7-9-11-13-15-17-19-21-23-33-29-26-30(28(32)25-27(29)31)34-24-22-20-18-16-14-12-10-8-6-4-2/h25-26H,3-24,31-32H2,1-2H3. The summed E-state index contributed by atoms with van der Waals surface area (Å²) in [6, 6.07) is 3.64. The van der Waals surface area contributed by atoms with Gasteiger partial charge in [0.2, 0.25) is 0 Å². The van der Waals surface area contributed by atoms with Crippen molar-refractivity contribution in [1.29, 1.82) is 0 Å². The zero-order valence-corrected chi connectivity index (χ0v) is 22.7. The highest BCUT2D eigenvalue weighted by atomic mass is 16.5. The molecule has 0 fully saturated rings. The van der Waals surface area contributed by atoms with E-state index in [1.807, 2.05) is 6.07 Å². The number of nitrogen functional groups attached to an aromatic ring is 2. The number of rotatable bonds is 24. The zero-order valence-electron chi connectivity index (χ0n) is 22.7. The second-order valence-electron chi connectivity index (χ2n) is 9.99. The first-order valence-corrected chi connectivity index (χ1v) is 14.6. The molecule has 4 heteroatoms. The molecule has 1 aromatic rings. The van der Waals surface area contributed by atoms with Crippen LogP contribution < -0.4 is 20.9 Å². The van der Waals surface area contributed by atoms with Crippen molar-refractivity contribution >= 4 is 11.4 Å². The Morgan fingerprint density at radius 3 is 1.06 bits per heavy atom. The summed E-state index contributed by atoms with van der Waals surface area (Å²) in [5.41, 5.74) is 13.4. The number of ether oxygens (including phenoxy) is 2. The Hall–Kier alpha value is -1.58. The van der Waals surface area contributed by atoms with Crippen LogP contribution in [0.1, 0.15) is 142 Å². The number of benzene rings is 1. The molecule has 0 atom stereocenters. The largest absolute Gasteiger partial charge is 0.491 e. The third-order valence-corrected chi connectivity index (χ3v) is 6.65. The molecule has 1 rings (SSSR count). The SMILES string of the molecule is CCCCCCCCCCCCOc1cc(OCCCCCCCCCCCC)c(N)cc1N. The van der Waals surface area contributed by atoms with E-state index >= 15 is 0 Å². The van der Waals surface area contributed by atoms with Crippen LogP contribution in [0.5, 0.6) is 11.5 Å². The van der Waals surface area contributed by atoms with Gasteiger partial charge >= 0.3 is 0 Å². The number of unbranched alkanes of at least 4 members (excludes halogenated alkanes) is 18. The quantitative estimate of drug-likeness (QED) is 0.115. The highest BCUT2D eigenvalue weighted by Gasteiger charge is 2.08. The molecule has 0 saturated carbocycles. The molecule has 0 aliphatic rings. The van der Waals surface area contributed by atoms with Gasteiger partial charge in [-0.3, -0.25) is 0 Å². The monoisotopic (exact) mass is 476 g/mol. The fourth-order valence-electron chi connectivity index (χ4n) is 4.39. The summed E-state index contributed by atoms with van der Waals surface area (Å²) in [5, 5.41) is 0. The number of nitrogens with two attached hydrogens (primary N) is 2. The van der Waals surface area contributed by atoms with E-state index in [0.29, 0.717) is 36.1 Å². The van der Waals surface area contributed by atoms with Crippen molar-refractivity contribution in [2.75, 3.05) is 24.7 Å². The molecule has 0 radical (unpaired) electrons. The summed E-state index contributed by atoms with van der Waals surface area (Å²) in [7, 11) is 0. The average molecular weight is 477 g/mol. The molecule has 34 heavy (non-hydrogen) atoms. The van der Waals surface area contributed by atoms with Gasteiger partial charge in [0.1, 0.15) is 11.5 Å². The lowest BCUT2D eigenvalue weighted by Gasteiger charge is -2.14. The van der Waals surface area contributed by atoms with Crippen LogP contribution in [0.2, 0.25) is 0 Å². The minimum Gasteiger partial charge on any atom is -0.491 e. The molecule has 198 valence electrons. The van der Waals surface area contributed by atoms with Gasteiger partial charge in [-0.15, -0.1) is 0 Å². The van der Waals surface area contributed by atoms with Gasteiger partial charge in [-0.25, -0.2) is 0 Å². The van der Waals surface area contributed by atoms with E-state index in [1.165, 1.54) is 116 Å². The number of hydrogen-bond donors (Lipinski definition) is 2. The fourth-order valence-corrected chi connectivity index (χ4v) is 4.39. The Morgan fingerprint density at radius 2 is 0.735 bits per heavy atom. The molecule has 0 heterocycles. The Balaban J connectivity index is 2.11. The molecule has 4 N–H and O–H groups in total. The lowest BCUT2D eigenvalue weighted by molar-refractivity contribution is 0.291. The van der Waals surface area contributed by atoms with Crippen LogP contribution in [0.15, 0.2) is 12.1 Å². The van der Waals surface area contributed by atoms with E-state index < -0.39 is 0 Å². The fraction of sp³-hybridized carbons (Fsp3) is 0.800. The minimum atomic E-state index is 0.593. The first kappa shape index (κ1) is 30.5. The molecule has 4 nitrogen and oxygen atoms in total. The van der Waals surface area contributed by atoms with Gasteiger partial charge < -0.3 is 20.9 Å². The third kappa shape index (κ3) is 16.1. The Bertz CT molecular complexity index is 544. The van der Waals surface area contributed by atoms with Crippen LogP contribution in [0, 0.1) is 0 Å². The van der Waals surface area contributed by atoms with Gasteiger partial charge in [-0.1, -0.05) is 129 Å². The Labute approximate surface area is 211 Å². The van der Waals surface area contributed by atoms with E-state index in [4.69, 9.17) is 20.9 Å². The van der Waals surface area contributed by atoms with Crippen LogP contribution >= 0.6 is 0 Å². The van der Waals surface area contributed by atoms with Crippen molar-refractivity contribution in [3.8, 4) is 11.5 Å². The van der Waals surface area contributed by atoms with E-state index in [9.17, 15) is 0 Å². The van der Waals surface area contributed by atoms with Crippen molar-refractivity contribution < 1.29 is 9.47 Å². The van der Waals surface area contributed by atoms with E-state index in [-0.39, 0.29) is 0 Å². The van der Waals surface area contributed by atoms with E-state index in [2.05, 4.69) is 13.8 Å². The second-order valence-corrected chi connectivity index (χ2v) is 9.99. The maximum Gasteiger partial charge on any atom is 0.146 e. The Kier molecular flexibility index (Phi) is 19.6. The lowest BCUT2D eigenvalue weighted by atomic mass is 10.1. The molecular formula is C30H56N2O2. The minimum absolute atomic E-state index is 0.593. The molecule has 0 saturated heterocycles. The first-order valence-electron chi connectivity index (χ1n) is 14.6. The van der Waals surface area contributed by atoms with Crippen molar-refractivity contribution in [1.82, 2.24) is 0 Å². The Morgan fingerprint density at radius 1 is 0.441 bits per heavy atom. The van der Waals surface area contributed by atoms with E-state index in [1.54, 1.807) is 6.07 Å². The molecule has 0 spiro atoms. The molecule has 0 aliphatic heterocycles. The molecule has 0 bridgehead atoms. The van der Waals surface area contributed by atoms with Crippen molar-refractivity contribution in [3.63, 3.8) is 0 Å². The highest BCUT2D eigenvalue weighted by molar-refractivity contribution is 5.67. The molecule has 0 amide bonds. The topological polar surface area (TPSA) is 70.5 Å². The van der Waals surface area contributed by atoms with Gasteiger partial charge in [0.05, 0.1) is 24.6 Å². The summed E-state index contributed by atoms with van der Waals surface area (Å²) < 4.78 is 11.9. The smallest absolute Gasteiger partial charge is 0.146 e. The summed E-state index contributed by atoms with van der Waals surface area (Å²) in [5.74, 6) is 1.39. The molecular weight excluding hydrogens is 420 g/mol. The van der Waals surface area contributed by atoms with Gasteiger partial charge in [0.15, 0.2) is 0 Å². The second kappa shape index (κ2) is 21.9. The molecule has 0 aromatic heterocycles. The van der Waals surface area contributed by atoms with Crippen molar-refractivity contribution in [2.45, 2.75) is 142 Å². The van der Waals surface area contributed by atoms with Gasteiger partial charge in [0.25, 0.3) is 0 Å². The molecule has 1 aromatic carbocycles. The molecule has 0 unspecified atom stereocenters. The number of hydrogen-bond acceptors (Lipinski definition) is 4. The summed E-state index contributed by atoms with van der Waals surface area (Å²) in [6.45, 7) is 5.94. The molecule has 0 aliphatic carbocycles. The highest BCUT2D eigenvalue weighted by Crippen LogP contribution is 2.33. The predicted molar refractivity (Wildman–Crippen MR) is 150 cm³/mol. The van der Waals surface area contributed by atoms with Gasteiger partial charge in [0, 0.05) is 6.07 Å². The maximum absolute atomic E-state index is 6.12. The summed E-state index contributed by atoms with van der Waals surface area (Å²) in [6.07, 6.45) is 26.4. The zero-order chi connectivity index (χ0) is 24.7. The van der Waals surface area contributed by atoms with Crippen LogP contribution in [-0.2, 0) is 0 Å². The summed E-state index contributed by atoms with van der Waals surface area (Å²) >= 11 is 0. The maximum atomic E-state index is 6.12. The normalized spacial score (nSPS) is 11.1. The van der Waals surface area contributed by atoms with Gasteiger partial charge in [-0.05, 0) is 18.9 Å². The van der Waals surface area contributed by atoms with E-state index in [0.717, 1.165) is 12.8 Å². The van der Waals surface area contributed by atoms with Crippen LogP contribution in [0.3, 0.4) is 0 Å². The third-order valence-electron chi connectivity index (χ3n) is 6.65. The van der Waals surface area contributed by atoms with Crippen molar-refractivity contribution in [2.24, 2.45) is 0 Å². The van der Waals surface area contributed by atoms with Crippen LogP contribution in [0.25, 0.3) is 0 Å². The predicted octanol–water partition coefficient (Wildman–Crippen LogP) is 9.45. The van der Waals surface area contributed by atoms with Crippen LogP contribution in [-0.4, -0.2) is 13.2 Å². The van der Waals surface area contributed by atoms with Crippen molar-refractivity contribution in [3.05, 3.63) is 12.1 Å². The first-order chi connectivity index (χ1) is 16.7. The average Bonchev–Trinajstić information content (AvgIpc) is 2.83.